The van der Waals surface area contributed by atoms with Crippen LogP contribution in [0.5, 0.6) is 5.75 Å². The van der Waals surface area contributed by atoms with Crippen molar-refractivity contribution in [1.82, 2.24) is 4.90 Å². The van der Waals surface area contributed by atoms with E-state index in [-0.39, 0.29) is 5.91 Å². The molecule has 1 atom stereocenters. The molecule has 1 rings (SSSR count). The molecule has 5 heteroatoms. The Labute approximate surface area is 127 Å². The van der Waals surface area contributed by atoms with Crippen molar-refractivity contribution in [3.05, 3.63) is 18.2 Å². The Morgan fingerprint density at radius 1 is 1.38 bits per heavy atom. The van der Waals surface area contributed by atoms with Gasteiger partial charge in [0.25, 0.3) is 0 Å². The maximum Gasteiger partial charge on any atom is 0.238 e. The molecule has 21 heavy (non-hydrogen) atoms. The number of carbonyl (C=O) groups is 1. The van der Waals surface area contributed by atoms with Crippen molar-refractivity contribution in [3.63, 3.8) is 0 Å². The summed E-state index contributed by atoms with van der Waals surface area (Å²) in [6.07, 6.45) is 1.06. The first-order valence-electron chi connectivity index (χ1n) is 7.27. The third-order valence-electron chi connectivity index (χ3n) is 3.49. The molecule has 0 saturated heterocycles. The van der Waals surface area contributed by atoms with E-state index >= 15 is 0 Å². The fourth-order valence-electron chi connectivity index (χ4n) is 2.22. The van der Waals surface area contributed by atoms with Crippen LogP contribution < -0.4 is 15.8 Å². The zero-order valence-electron chi connectivity index (χ0n) is 13.6. The molecule has 0 aliphatic rings. The highest BCUT2D eigenvalue weighted by molar-refractivity contribution is 5.95. The van der Waals surface area contributed by atoms with Crippen molar-refractivity contribution < 1.29 is 9.53 Å². The fraction of sp³-hybridized carbons (Fsp3) is 0.562. The average molecular weight is 293 g/mol. The van der Waals surface area contributed by atoms with Gasteiger partial charge in [0.15, 0.2) is 0 Å². The SMILES string of the molecule is COc1ccc(NC(=O)CN(C)C(C)CC(C)C)c(N)c1. The van der Waals surface area contributed by atoms with Crippen molar-refractivity contribution >= 4 is 17.3 Å². The number of benzene rings is 1. The lowest BCUT2D eigenvalue weighted by Gasteiger charge is -2.25. The van der Waals surface area contributed by atoms with Crippen LogP contribution in [0.15, 0.2) is 18.2 Å². The van der Waals surface area contributed by atoms with Gasteiger partial charge < -0.3 is 15.8 Å². The zero-order chi connectivity index (χ0) is 16.0. The van der Waals surface area contributed by atoms with Gasteiger partial charge in [-0.15, -0.1) is 0 Å². The number of nitrogens with two attached hydrogens (primary N) is 1. The molecule has 0 fully saturated rings. The Morgan fingerprint density at radius 3 is 2.57 bits per heavy atom. The van der Waals surface area contributed by atoms with Crippen molar-refractivity contribution in [1.29, 1.82) is 0 Å². The first kappa shape index (κ1) is 17.3. The summed E-state index contributed by atoms with van der Waals surface area (Å²) < 4.78 is 5.09. The predicted molar refractivity (Wildman–Crippen MR) is 87.6 cm³/mol. The molecular formula is C16H27N3O2. The van der Waals surface area contributed by atoms with E-state index in [2.05, 4.69) is 31.0 Å². The highest BCUT2D eigenvalue weighted by Crippen LogP contribution is 2.24. The minimum atomic E-state index is -0.0648. The summed E-state index contributed by atoms with van der Waals surface area (Å²) in [7, 11) is 3.54. The number of nitrogen functional groups attached to an aromatic ring is 1. The second-order valence-corrected chi connectivity index (χ2v) is 5.90. The number of methoxy groups -OCH3 is 1. The molecule has 0 aromatic heterocycles. The third kappa shape index (κ3) is 5.63. The van der Waals surface area contributed by atoms with E-state index < -0.39 is 0 Å². The molecule has 3 N–H and O–H groups in total. The molecule has 1 unspecified atom stereocenters. The van der Waals surface area contributed by atoms with Gasteiger partial charge in [0, 0.05) is 12.1 Å². The molecular weight excluding hydrogens is 266 g/mol. The lowest BCUT2D eigenvalue weighted by molar-refractivity contribution is -0.117. The van der Waals surface area contributed by atoms with E-state index in [0.29, 0.717) is 35.6 Å². The lowest BCUT2D eigenvalue weighted by atomic mass is 10.0. The summed E-state index contributed by atoms with van der Waals surface area (Å²) >= 11 is 0. The Bertz CT molecular complexity index is 475. The van der Waals surface area contributed by atoms with Gasteiger partial charge in [-0.1, -0.05) is 13.8 Å². The minimum absolute atomic E-state index is 0.0648. The second kappa shape index (κ2) is 7.88. The number of hydrogen-bond donors (Lipinski definition) is 2. The van der Waals surface area contributed by atoms with Crippen LogP contribution in [0, 0.1) is 5.92 Å². The highest BCUT2D eigenvalue weighted by atomic mass is 16.5. The van der Waals surface area contributed by atoms with Crippen LogP contribution in [0.2, 0.25) is 0 Å². The number of nitrogens with one attached hydrogen (secondary N) is 1. The second-order valence-electron chi connectivity index (χ2n) is 5.90. The van der Waals surface area contributed by atoms with Crippen LogP contribution in [0.3, 0.4) is 0 Å². The van der Waals surface area contributed by atoms with Crippen LogP contribution >= 0.6 is 0 Å². The van der Waals surface area contributed by atoms with Crippen molar-refractivity contribution in [2.24, 2.45) is 5.92 Å². The Balaban J connectivity index is 2.57. The summed E-state index contributed by atoms with van der Waals surface area (Å²) in [5, 5.41) is 2.84. The van der Waals surface area contributed by atoms with Crippen molar-refractivity contribution in [2.75, 3.05) is 31.8 Å². The largest absolute Gasteiger partial charge is 0.497 e. The van der Waals surface area contributed by atoms with Gasteiger partial charge >= 0.3 is 0 Å². The molecule has 5 nitrogen and oxygen atoms in total. The van der Waals surface area contributed by atoms with Gasteiger partial charge in [-0.05, 0) is 38.4 Å². The number of carbonyl (C=O) groups excluding carboxylic acids is 1. The molecule has 1 aromatic carbocycles. The molecule has 0 aliphatic heterocycles. The van der Waals surface area contributed by atoms with Gasteiger partial charge in [0.2, 0.25) is 5.91 Å². The molecule has 0 bridgehead atoms. The van der Waals surface area contributed by atoms with Gasteiger partial charge in [-0.3, -0.25) is 9.69 Å². The first-order valence-corrected chi connectivity index (χ1v) is 7.27. The number of likely N-dealkylation sites (N-methyl/N-ethyl adjacent to an activating group) is 1. The van der Waals surface area contributed by atoms with E-state index in [9.17, 15) is 4.79 Å². The molecule has 0 radical (unpaired) electrons. The van der Waals surface area contributed by atoms with Crippen LogP contribution in [0.25, 0.3) is 0 Å². The van der Waals surface area contributed by atoms with E-state index in [1.54, 1.807) is 25.3 Å². The zero-order valence-corrected chi connectivity index (χ0v) is 13.6. The third-order valence-corrected chi connectivity index (χ3v) is 3.49. The number of rotatable bonds is 7. The minimum Gasteiger partial charge on any atom is -0.497 e. The van der Waals surface area contributed by atoms with Crippen LogP contribution in [0.1, 0.15) is 27.2 Å². The molecule has 1 amide bonds. The van der Waals surface area contributed by atoms with Gasteiger partial charge in [0.1, 0.15) is 5.75 Å². The Kier molecular flexibility index (Phi) is 6.49. The van der Waals surface area contributed by atoms with Gasteiger partial charge in [0.05, 0.1) is 25.0 Å². The number of ether oxygens (including phenoxy) is 1. The maximum absolute atomic E-state index is 12.1. The standard InChI is InChI=1S/C16H27N3O2/c1-11(2)8-12(3)19(4)10-16(20)18-15-7-6-13(21-5)9-14(15)17/h6-7,9,11-12H,8,10,17H2,1-5H3,(H,18,20). The summed E-state index contributed by atoms with van der Waals surface area (Å²) in [6, 6.07) is 5.59. The summed E-state index contributed by atoms with van der Waals surface area (Å²) in [5.74, 6) is 1.22. The maximum atomic E-state index is 12.1. The van der Waals surface area contributed by atoms with E-state index in [4.69, 9.17) is 10.5 Å². The number of nitrogens with zero attached hydrogens (tertiary/aromatic N) is 1. The summed E-state index contributed by atoms with van der Waals surface area (Å²) in [4.78, 5) is 14.1. The topological polar surface area (TPSA) is 67.6 Å². The fourth-order valence-corrected chi connectivity index (χ4v) is 2.22. The molecule has 0 spiro atoms. The van der Waals surface area contributed by atoms with Crippen LogP contribution in [-0.4, -0.2) is 37.6 Å². The lowest BCUT2D eigenvalue weighted by Crippen LogP contribution is -2.37. The normalized spacial score (nSPS) is 12.5. The van der Waals surface area contributed by atoms with Gasteiger partial charge in [-0.2, -0.15) is 0 Å². The van der Waals surface area contributed by atoms with Crippen LogP contribution in [0.4, 0.5) is 11.4 Å². The summed E-state index contributed by atoms with van der Waals surface area (Å²) in [5.41, 5.74) is 7.01. The van der Waals surface area contributed by atoms with E-state index in [0.717, 1.165) is 6.42 Å². The highest BCUT2D eigenvalue weighted by Gasteiger charge is 2.15. The molecule has 0 aliphatic carbocycles. The Hall–Kier alpha value is -1.75. The Morgan fingerprint density at radius 2 is 2.05 bits per heavy atom. The quantitative estimate of drug-likeness (QED) is 0.758. The molecule has 1 aromatic rings. The van der Waals surface area contributed by atoms with Crippen LogP contribution in [-0.2, 0) is 4.79 Å². The molecule has 0 heterocycles. The van der Waals surface area contributed by atoms with E-state index in [1.165, 1.54) is 0 Å². The monoisotopic (exact) mass is 293 g/mol. The average Bonchev–Trinajstić information content (AvgIpc) is 2.40. The summed E-state index contributed by atoms with van der Waals surface area (Å²) in [6.45, 7) is 6.85. The van der Waals surface area contributed by atoms with Crippen molar-refractivity contribution in [3.8, 4) is 5.75 Å². The van der Waals surface area contributed by atoms with E-state index in [1.807, 2.05) is 7.05 Å². The van der Waals surface area contributed by atoms with Gasteiger partial charge in [-0.25, -0.2) is 0 Å². The number of amides is 1. The molecule has 118 valence electrons. The predicted octanol–water partition coefficient (Wildman–Crippen LogP) is 2.58. The smallest absolute Gasteiger partial charge is 0.238 e. The first-order chi connectivity index (χ1) is 9.83. The number of anilines is 2. The van der Waals surface area contributed by atoms with Crippen molar-refractivity contribution in [2.45, 2.75) is 33.2 Å². The molecule has 0 saturated carbocycles. The number of hydrogen-bond acceptors (Lipinski definition) is 4.